The molecule has 170 valence electrons. The zero-order valence-electron chi connectivity index (χ0n) is 19.3. The highest BCUT2D eigenvalue weighted by Gasteiger charge is 2.16. The molecule has 2 heterocycles. The number of benzene rings is 5. The predicted molar refractivity (Wildman–Crippen MR) is 145 cm³/mol. The van der Waals surface area contributed by atoms with E-state index in [0.29, 0.717) is 16.7 Å². The van der Waals surface area contributed by atoms with Gasteiger partial charge in [-0.05, 0) is 35.9 Å². The van der Waals surface area contributed by atoms with Crippen LogP contribution in [0.5, 0.6) is 0 Å². The first kappa shape index (κ1) is 20.4. The van der Waals surface area contributed by atoms with Crippen molar-refractivity contribution in [2.24, 2.45) is 0 Å². The van der Waals surface area contributed by atoms with E-state index in [0.717, 1.165) is 44.3 Å². The normalized spacial score (nSPS) is 11.4. The lowest BCUT2D eigenvalue weighted by molar-refractivity contribution is 0.670. The molecule has 0 radical (unpaired) electrons. The second-order valence-corrected chi connectivity index (χ2v) is 8.79. The fraction of sp³-hybridized carbons (Fsp3) is 0. The van der Waals surface area contributed by atoms with Gasteiger partial charge in [0.25, 0.3) is 5.56 Å². The standard InChI is InChI=1S/C32H20N2O2/c35-32-27-12-4-6-15-28(27)33-31(22-9-2-1-3-10-22)34(32)23-19-17-21(18-20-23)24-13-8-14-26-25-11-5-7-16-29(25)36-30(24)26/h1-20H. The van der Waals surface area contributed by atoms with Crippen LogP contribution in [0.1, 0.15) is 0 Å². The molecule has 0 saturated carbocycles. The number of hydrogen-bond acceptors (Lipinski definition) is 3. The van der Waals surface area contributed by atoms with Gasteiger partial charge in [0.2, 0.25) is 0 Å². The molecule has 0 N–H and O–H groups in total. The lowest BCUT2D eigenvalue weighted by Gasteiger charge is -2.14. The Morgan fingerprint density at radius 1 is 0.583 bits per heavy atom. The summed E-state index contributed by atoms with van der Waals surface area (Å²) < 4.78 is 7.93. The molecule has 36 heavy (non-hydrogen) atoms. The summed E-state index contributed by atoms with van der Waals surface area (Å²) in [4.78, 5) is 18.5. The van der Waals surface area contributed by atoms with Crippen LogP contribution >= 0.6 is 0 Å². The molecule has 0 aliphatic heterocycles. The van der Waals surface area contributed by atoms with Gasteiger partial charge in [0, 0.05) is 21.9 Å². The highest BCUT2D eigenvalue weighted by molar-refractivity contribution is 6.09. The average Bonchev–Trinajstić information content (AvgIpc) is 3.33. The van der Waals surface area contributed by atoms with Gasteiger partial charge in [0.1, 0.15) is 17.0 Å². The fourth-order valence-corrected chi connectivity index (χ4v) is 4.92. The van der Waals surface area contributed by atoms with Gasteiger partial charge in [-0.15, -0.1) is 0 Å². The van der Waals surface area contributed by atoms with Crippen LogP contribution in [0.2, 0.25) is 0 Å². The second-order valence-electron chi connectivity index (χ2n) is 8.79. The SMILES string of the molecule is O=c1c2ccccc2nc(-c2ccccc2)n1-c1ccc(-c2cccc3c2oc2ccccc23)cc1. The Hall–Kier alpha value is -4.96. The van der Waals surface area contributed by atoms with Gasteiger partial charge >= 0.3 is 0 Å². The van der Waals surface area contributed by atoms with Crippen LogP contribution in [-0.4, -0.2) is 9.55 Å². The summed E-state index contributed by atoms with van der Waals surface area (Å²) in [5.41, 5.74) is 6.01. The van der Waals surface area contributed by atoms with E-state index in [-0.39, 0.29) is 5.56 Å². The largest absolute Gasteiger partial charge is 0.455 e. The monoisotopic (exact) mass is 464 g/mol. The van der Waals surface area contributed by atoms with Crippen LogP contribution in [0.3, 0.4) is 0 Å². The van der Waals surface area contributed by atoms with Gasteiger partial charge in [0.05, 0.1) is 16.6 Å². The third kappa shape index (κ3) is 3.16. The molecule has 0 amide bonds. The third-order valence-corrected chi connectivity index (χ3v) is 6.65. The molecule has 0 aliphatic carbocycles. The summed E-state index contributed by atoms with van der Waals surface area (Å²) in [6.07, 6.45) is 0. The van der Waals surface area contributed by atoms with Crippen LogP contribution in [0.15, 0.2) is 131 Å². The van der Waals surface area contributed by atoms with E-state index in [9.17, 15) is 4.79 Å². The van der Waals surface area contributed by atoms with E-state index in [1.807, 2.05) is 97.1 Å². The molecule has 0 spiro atoms. The molecular formula is C32H20N2O2. The maximum absolute atomic E-state index is 13.7. The maximum atomic E-state index is 13.7. The van der Waals surface area contributed by atoms with E-state index >= 15 is 0 Å². The number of furan rings is 1. The molecule has 7 aromatic rings. The van der Waals surface area contributed by atoms with Crippen molar-refractivity contribution >= 4 is 32.8 Å². The Balaban J connectivity index is 1.42. The van der Waals surface area contributed by atoms with Crippen molar-refractivity contribution in [3.05, 3.63) is 132 Å². The molecule has 0 atom stereocenters. The molecule has 0 unspecified atom stereocenters. The molecule has 0 bridgehead atoms. The number of rotatable bonds is 3. The Bertz CT molecular complexity index is 1950. The van der Waals surface area contributed by atoms with E-state index in [2.05, 4.69) is 24.3 Å². The molecule has 0 fully saturated rings. The van der Waals surface area contributed by atoms with Gasteiger partial charge in [0.15, 0.2) is 0 Å². The van der Waals surface area contributed by atoms with E-state index in [4.69, 9.17) is 9.40 Å². The number of para-hydroxylation sites is 3. The molecule has 4 heteroatoms. The van der Waals surface area contributed by atoms with Gasteiger partial charge < -0.3 is 4.42 Å². The van der Waals surface area contributed by atoms with Gasteiger partial charge in [-0.1, -0.05) is 91.0 Å². The van der Waals surface area contributed by atoms with Crippen LogP contribution in [0.25, 0.3) is 61.0 Å². The number of aromatic nitrogens is 2. The minimum absolute atomic E-state index is 0.0911. The first-order valence-corrected chi connectivity index (χ1v) is 11.9. The number of nitrogens with zero attached hydrogens (tertiary/aromatic N) is 2. The van der Waals surface area contributed by atoms with E-state index in [1.54, 1.807) is 4.57 Å². The Morgan fingerprint density at radius 3 is 2.11 bits per heavy atom. The third-order valence-electron chi connectivity index (χ3n) is 6.65. The molecule has 4 nitrogen and oxygen atoms in total. The minimum Gasteiger partial charge on any atom is -0.455 e. The van der Waals surface area contributed by atoms with Crippen molar-refractivity contribution in [2.75, 3.05) is 0 Å². The Labute approximate surface area is 206 Å². The zero-order valence-corrected chi connectivity index (χ0v) is 19.3. The molecular weight excluding hydrogens is 444 g/mol. The highest BCUT2D eigenvalue weighted by Crippen LogP contribution is 2.36. The second kappa shape index (κ2) is 8.07. The fourth-order valence-electron chi connectivity index (χ4n) is 4.92. The van der Waals surface area contributed by atoms with Crippen LogP contribution in [0.4, 0.5) is 0 Å². The quantitative estimate of drug-likeness (QED) is 0.270. The predicted octanol–water partition coefficient (Wildman–Crippen LogP) is 7.62. The van der Waals surface area contributed by atoms with E-state index in [1.165, 1.54) is 0 Å². The topological polar surface area (TPSA) is 48.0 Å². The summed E-state index contributed by atoms with van der Waals surface area (Å²) in [5.74, 6) is 0.617. The zero-order chi connectivity index (χ0) is 24.1. The molecule has 0 aliphatic rings. The van der Waals surface area contributed by atoms with Crippen LogP contribution in [-0.2, 0) is 0 Å². The number of hydrogen-bond donors (Lipinski definition) is 0. The summed E-state index contributed by atoms with van der Waals surface area (Å²) in [6.45, 7) is 0. The molecule has 2 aromatic heterocycles. The van der Waals surface area contributed by atoms with Crippen molar-refractivity contribution in [3.63, 3.8) is 0 Å². The first-order chi connectivity index (χ1) is 17.8. The van der Waals surface area contributed by atoms with Crippen molar-refractivity contribution in [3.8, 4) is 28.2 Å². The number of fused-ring (bicyclic) bond motifs is 4. The summed E-state index contributed by atoms with van der Waals surface area (Å²) in [5, 5.41) is 2.79. The highest BCUT2D eigenvalue weighted by atomic mass is 16.3. The summed E-state index contributed by atoms with van der Waals surface area (Å²) >= 11 is 0. The van der Waals surface area contributed by atoms with Crippen molar-refractivity contribution < 1.29 is 4.42 Å². The first-order valence-electron chi connectivity index (χ1n) is 11.9. The smallest absolute Gasteiger partial charge is 0.266 e. The van der Waals surface area contributed by atoms with Crippen molar-refractivity contribution in [1.29, 1.82) is 0 Å². The van der Waals surface area contributed by atoms with Gasteiger partial charge in [-0.25, -0.2) is 4.98 Å². The summed E-state index contributed by atoms with van der Waals surface area (Å²) in [6, 6.07) is 39.6. The Morgan fingerprint density at radius 2 is 1.28 bits per heavy atom. The van der Waals surface area contributed by atoms with Crippen molar-refractivity contribution in [1.82, 2.24) is 9.55 Å². The average molecular weight is 465 g/mol. The molecule has 0 saturated heterocycles. The lowest BCUT2D eigenvalue weighted by atomic mass is 10.0. The van der Waals surface area contributed by atoms with Crippen LogP contribution in [0, 0.1) is 0 Å². The van der Waals surface area contributed by atoms with Gasteiger partial charge in [-0.2, -0.15) is 0 Å². The molecule has 5 aromatic carbocycles. The lowest BCUT2D eigenvalue weighted by Crippen LogP contribution is -2.21. The maximum Gasteiger partial charge on any atom is 0.266 e. The minimum atomic E-state index is -0.0911. The molecule has 7 rings (SSSR count). The van der Waals surface area contributed by atoms with E-state index < -0.39 is 0 Å². The van der Waals surface area contributed by atoms with Crippen molar-refractivity contribution in [2.45, 2.75) is 0 Å². The Kier molecular flexibility index (Phi) is 4.57. The summed E-state index contributed by atoms with van der Waals surface area (Å²) in [7, 11) is 0. The van der Waals surface area contributed by atoms with Crippen LogP contribution < -0.4 is 5.56 Å². The van der Waals surface area contributed by atoms with Gasteiger partial charge in [-0.3, -0.25) is 9.36 Å².